The third-order valence-corrected chi connectivity index (χ3v) is 3.20. The lowest BCUT2D eigenvalue weighted by Crippen LogP contribution is -2.37. The highest BCUT2D eigenvalue weighted by molar-refractivity contribution is 6.27. The fraction of sp³-hybridized carbons (Fsp3) is 0.818. The van der Waals surface area contributed by atoms with Crippen LogP contribution in [-0.2, 0) is 13.9 Å². The molecule has 0 rings (SSSR count). The molecule has 0 unspecified atom stereocenters. The van der Waals surface area contributed by atoms with E-state index in [0.717, 1.165) is 18.9 Å². The van der Waals surface area contributed by atoms with Crippen molar-refractivity contribution in [3.63, 3.8) is 0 Å². The Balaban J connectivity index is 3.94. The van der Waals surface area contributed by atoms with Gasteiger partial charge in [-0.3, -0.25) is 0 Å². The Morgan fingerprint density at radius 2 is 1.73 bits per heavy atom. The lowest BCUT2D eigenvalue weighted by molar-refractivity contribution is -0.333. The zero-order valence-corrected chi connectivity index (χ0v) is 11.7. The second kappa shape index (κ2) is 9.09. The van der Waals surface area contributed by atoms with E-state index in [1.165, 1.54) is 0 Å². The minimum atomic E-state index is -0.832. The quantitative estimate of drug-likeness (QED) is 0.250. The summed E-state index contributed by atoms with van der Waals surface area (Å²) < 4.78 is 16.9. The molecule has 0 fully saturated rings. The zero-order chi connectivity index (χ0) is 11.6. The molecule has 4 heteroatoms. The van der Waals surface area contributed by atoms with Crippen molar-refractivity contribution in [2.24, 2.45) is 0 Å². The Bertz CT molecular complexity index is 154. The smallest absolute Gasteiger partial charge is 0.269 e. The molecule has 0 aromatic rings. The zero-order valence-electron chi connectivity index (χ0n) is 10.3. The van der Waals surface area contributed by atoms with Crippen LogP contribution < -0.4 is 0 Å². The van der Waals surface area contributed by atoms with Crippen molar-refractivity contribution in [2.45, 2.75) is 45.6 Å². The molecule has 0 N–H and O–H groups in total. The normalized spacial score (nSPS) is 12.5. The van der Waals surface area contributed by atoms with Crippen molar-refractivity contribution in [3.05, 3.63) is 12.7 Å². The van der Waals surface area contributed by atoms with Crippen LogP contribution in [0, 0.1) is 0 Å². The second-order valence-corrected chi connectivity index (χ2v) is 4.76. The molecule has 0 atom stereocenters. The van der Waals surface area contributed by atoms with Gasteiger partial charge in [-0.05, 0) is 18.9 Å². The van der Waals surface area contributed by atoms with Crippen LogP contribution in [0.5, 0.6) is 0 Å². The van der Waals surface area contributed by atoms with E-state index >= 15 is 0 Å². The molecule has 0 saturated heterocycles. The molecule has 90 valence electrons. The van der Waals surface area contributed by atoms with Gasteiger partial charge in [0.1, 0.15) is 0 Å². The minimum absolute atomic E-state index is 0.617. The van der Waals surface area contributed by atoms with Crippen molar-refractivity contribution >= 4 is 9.76 Å². The Kier molecular flexibility index (Phi) is 8.99. The summed E-state index contributed by atoms with van der Waals surface area (Å²) in [6.45, 7) is 11.0. The summed E-state index contributed by atoms with van der Waals surface area (Å²) >= 11 is 0. The highest BCUT2D eigenvalue weighted by Crippen LogP contribution is 2.15. The Morgan fingerprint density at radius 1 is 1.20 bits per heavy atom. The first-order valence-corrected chi connectivity index (χ1v) is 7.29. The number of allylic oxidation sites excluding steroid dienone is 1. The molecular weight excluding hydrogens is 208 g/mol. The summed E-state index contributed by atoms with van der Waals surface area (Å²) in [5, 5.41) is 0. The van der Waals surface area contributed by atoms with Gasteiger partial charge in [-0.25, -0.2) is 0 Å². The van der Waals surface area contributed by atoms with E-state index in [0.29, 0.717) is 13.2 Å². The molecule has 0 aliphatic heterocycles. The molecule has 0 aromatic heterocycles. The molecule has 3 nitrogen and oxygen atoms in total. The van der Waals surface area contributed by atoms with Crippen LogP contribution in [0.25, 0.3) is 0 Å². The van der Waals surface area contributed by atoms with Gasteiger partial charge in [0, 0.05) is 6.92 Å². The molecule has 0 aliphatic rings. The number of hydrogen-bond acceptors (Lipinski definition) is 3. The van der Waals surface area contributed by atoms with Gasteiger partial charge < -0.3 is 13.9 Å². The lowest BCUT2D eigenvalue weighted by atomic mass is 10.5. The highest BCUT2D eigenvalue weighted by atomic mass is 28.2. The highest BCUT2D eigenvalue weighted by Gasteiger charge is 2.25. The maximum Gasteiger partial charge on any atom is 0.269 e. The van der Waals surface area contributed by atoms with E-state index in [1.54, 1.807) is 0 Å². The van der Waals surface area contributed by atoms with E-state index in [2.05, 4.69) is 20.4 Å². The maximum absolute atomic E-state index is 5.70. The van der Waals surface area contributed by atoms with Crippen LogP contribution in [0.1, 0.15) is 33.6 Å². The number of rotatable bonds is 10. The first-order chi connectivity index (χ1) is 7.18. The average molecular weight is 232 g/mol. The summed E-state index contributed by atoms with van der Waals surface area (Å²) in [5.41, 5.74) is 0. The summed E-state index contributed by atoms with van der Waals surface area (Å²) in [6.07, 6.45) is 3.82. The molecule has 0 heterocycles. The minimum Gasteiger partial charge on any atom is -0.376 e. The van der Waals surface area contributed by atoms with Crippen molar-refractivity contribution in [1.29, 1.82) is 0 Å². The van der Waals surface area contributed by atoms with E-state index in [9.17, 15) is 0 Å². The van der Waals surface area contributed by atoms with Crippen LogP contribution in [0.4, 0.5) is 0 Å². The van der Waals surface area contributed by atoms with Gasteiger partial charge in [-0.1, -0.05) is 19.9 Å². The predicted octanol–water partition coefficient (Wildman–Crippen LogP) is 2.22. The van der Waals surface area contributed by atoms with Crippen LogP contribution in [0.3, 0.4) is 0 Å². The maximum atomic E-state index is 5.70. The van der Waals surface area contributed by atoms with E-state index in [4.69, 9.17) is 13.9 Å². The molecule has 15 heavy (non-hydrogen) atoms. The van der Waals surface area contributed by atoms with Crippen molar-refractivity contribution in [1.82, 2.24) is 0 Å². The Hall–Kier alpha value is -0.163. The fourth-order valence-corrected chi connectivity index (χ4v) is 1.85. The summed E-state index contributed by atoms with van der Waals surface area (Å²) in [4.78, 5) is 0. The fourth-order valence-electron chi connectivity index (χ4n) is 1.03. The first-order valence-electron chi connectivity index (χ1n) is 5.71. The lowest BCUT2D eigenvalue weighted by Gasteiger charge is -2.30. The van der Waals surface area contributed by atoms with Crippen molar-refractivity contribution in [3.8, 4) is 0 Å². The van der Waals surface area contributed by atoms with E-state index < -0.39 is 15.7 Å². The van der Waals surface area contributed by atoms with E-state index in [1.807, 2.05) is 13.0 Å². The van der Waals surface area contributed by atoms with Gasteiger partial charge in [0.05, 0.1) is 13.2 Å². The van der Waals surface area contributed by atoms with Crippen LogP contribution in [0.15, 0.2) is 12.7 Å². The van der Waals surface area contributed by atoms with Gasteiger partial charge in [-0.15, -0.1) is 6.58 Å². The van der Waals surface area contributed by atoms with Gasteiger partial charge in [-0.2, -0.15) is 0 Å². The molecule has 0 amide bonds. The second-order valence-electron chi connectivity index (χ2n) is 3.49. The van der Waals surface area contributed by atoms with Gasteiger partial charge in [0.25, 0.3) is 5.97 Å². The van der Waals surface area contributed by atoms with Crippen LogP contribution >= 0.6 is 0 Å². The Labute approximate surface area is 95.7 Å². The number of hydrogen-bond donors (Lipinski definition) is 0. The summed E-state index contributed by atoms with van der Waals surface area (Å²) in [5.74, 6) is -0.832. The predicted molar refractivity (Wildman–Crippen MR) is 65.5 cm³/mol. The first kappa shape index (κ1) is 14.8. The van der Waals surface area contributed by atoms with E-state index in [-0.39, 0.29) is 0 Å². The monoisotopic (exact) mass is 232 g/mol. The van der Waals surface area contributed by atoms with Gasteiger partial charge in [0.15, 0.2) is 9.76 Å². The van der Waals surface area contributed by atoms with Crippen LogP contribution in [0.2, 0.25) is 6.04 Å². The molecule has 0 saturated carbocycles. The summed E-state index contributed by atoms with van der Waals surface area (Å²) in [6, 6.07) is 0.945. The third kappa shape index (κ3) is 7.73. The average Bonchev–Trinajstić information content (AvgIpc) is 2.24. The SMILES string of the molecule is C=CC[SiH2]OC(C)(OCCC)OCCC. The number of ether oxygens (including phenoxy) is 2. The molecule has 0 spiro atoms. The topological polar surface area (TPSA) is 27.7 Å². The summed E-state index contributed by atoms with van der Waals surface area (Å²) in [7, 11) is -0.617. The van der Waals surface area contributed by atoms with Gasteiger partial charge >= 0.3 is 0 Å². The molecular formula is C11H24O3Si. The van der Waals surface area contributed by atoms with Crippen LogP contribution in [-0.4, -0.2) is 29.0 Å². The van der Waals surface area contributed by atoms with Crippen molar-refractivity contribution < 1.29 is 13.9 Å². The third-order valence-electron chi connectivity index (χ3n) is 1.82. The molecule has 0 bridgehead atoms. The van der Waals surface area contributed by atoms with Gasteiger partial charge in [0.2, 0.25) is 0 Å². The molecule has 0 radical (unpaired) electrons. The standard InChI is InChI=1S/C11H24O3Si/c1-5-8-12-11(4,13-9-6-2)14-15-10-7-3/h7H,3,5-6,8-10,15H2,1-2,4H3. The molecule has 0 aromatic carbocycles. The Morgan fingerprint density at radius 3 is 2.13 bits per heavy atom. The van der Waals surface area contributed by atoms with Crippen molar-refractivity contribution in [2.75, 3.05) is 13.2 Å². The molecule has 0 aliphatic carbocycles. The largest absolute Gasteiger partial charge is 0.376 e.